The second-order valence-corrected chi connectivity index (χ2v) is 7.45. The number of hydrogen-bond acceptors (Lipinski definition) is 9. The van der Waals surface area contributed by atoms with Crippen molar-refractivity contribution in [1.82, 2.24) is 24.7 Å². The van der Waals surface area contributed by atoms with E-state index in [9.17, 15) is 9.18 Å². The minimum absolute atomic E-state index is 0.00522. The number of nitrogens with two attached hydrogens (primary N) is 2. The Morgan fingerprint density at radius 2 is 2.03 bits per heavy atom. The number of nitrogens with zero attached hydrogens (tertiary/aromatic N) is 6. The van der Waals surface area contributed by atoms with Gasteiger partial charge in [-0.1, -0.05) is 0 Å². The van der Waals surface area contributed by atoms with Crippen LogP contribution in [-0.4, -0.2) is 44.5 Å². The molecule has 10 nitrogen and oxygen atoms in total. The van der Waals surface area contributed by atoms with Crippen LogP contribution in [0.4, 0.5) is 26.5 Å². The summed E-state index contributed by atoms with van der Waals surface area (Å²) in [6.07, 6.45) is 0.992. The number of nitrogen functional groups attached to an aromatic ring is 2. The molecule has 0 spiro atoms. The van der Waals surface area contributed by atoms with Crippen molar-refractivity contribution in [2.45, 2.75) is 13.5 Å². The van der Waals surface area contributed by atoms with Crippen molar-refractivity contribution in [2.24, 2.45) is 0 Å². The average molecular weight is 442 g/mol. The van der Waals surface area contributed by atoms with Gasteiger partial charge in [-0.05, 0) is 30.5 Å². The van der Waals surface area contributed by atoms with Crippen molar-refractivity contribution >= 4 is 45.8 Å². The van der Waals surface area contributed by atoms with E-state index in [0.717, 1.165) is 0 Å². The van der Waals surface area contributed by atoms with Crippen LogP contribution in [0.2, 0.25) is 0 Å². The van der Waals surface area contributed by atoms with Gasteiger partial charge in [0.2, 0.25) is 0 Å². The molecule has 0 bridgehead atoms. The second kappa shape index (κ2) is 8.14. The molecule has 1 amide bonds. The van der Waals surface area contributed by atoms with E-state index in [0.29, 0.717) is 21.6 Å². The largest absolute Gasteiger partial charge is 0.452 e. The topological polar surface area (TPSA) is 138 Å². The number of halogens is 1. The lowest BCUT2D eigenvalue weighted by Crippen LogP contribution is -2.32. The third kappa shape index (κ3) is 3.61. The fourth-order valence-corrected chi connectivity index (χ4v) is 3.95. The highest BCUT2D eigenvalue weighted by molar-refractivity contribution is 7.09. The number of carbonyl (C=O) groups is 1. The molecule has 4 heterocycles. The van der Waals surface area contributed by atoms with Gasteiger partial charge in [0.05, 0.1) is 23.9 Å². The van der Waals surface area contributed by atoms with Gasteiger partial charge < -0.3 is 16.2 Å². The maximum absolute atomic E-state index is 14.0. The molecule has 0 radical (unpaired) electrons. The molecule has 0 saturated carbocycles. The molecular weight excluding hydrogens is 423 g/mol. The summed E-state index contributed by atoms with van der Waals surface area (Å²) in [6.45, 7) is 2.21. The molecule has 4 rings (SSSR count). The Labute approximate surface area is 180 Å². The fraction of sp³-hybridized carbons (Fsp3) is 0.211. The molecule has 4 N–H and O–H groups in total. The Balaban J connectivity index is 1.82. The zero-order valence-electron chi connectivity index (χ0n) is 16.7. The smallest absolute Gasteiger partial charge is 0.414 e. The maximum Gasteiger partial charge on any atom is 0.414 e. The van der Waals surface area contributed by atoms with Crippen molar-refractivity contribution in [3.05, 3.63) is 40.5 Å². The predicted molar refractivity (Wildman–Crippen MR) is 116 cm³/mol. The highest BCUT2D eigenvalue weighted by atomic mass is 32.1. The molecule has 0 aliphatic carbocycles. The van der Waals surface area contributed by atoms with Crippen LogP contribution in [0.3, 0.4) is 0 Å². The first kappa shape index (κ1) is 20.5. The standard InChI is InChI=1S/C19H19FN8O2S/c1-3-27(19(29)30-2)14-15(21)24-17(25-16(14)22)13-10-5-4-7-23-18(10)28(26-13)9-12-11(20)6-8-31-12/h4-8H,3,9H2,1-2H3,(H4,21,22,24,25). The van der Waals surface area contributed by atoms with Crippen molar-refractivity contribution in [1.29, 1.82) is 0 Å². The van der Waals surface area contributed by atoms with Crippen molar-refractivity contribution in [3.8, 4) is 11.5 Å². The number of methoxy groups -OCH3 is 1. The van der Waals surface area contributed by atoms with E-state index in [-0.39, 0.29) is 42.1 Å². The van der Waals surface area contributed by atoms with E-state index < -0.39 is 6.09 Å². The lowest BCUT2D eigenvalue weighted by Gasteiger charge is -2.21. The van der Waals surface area contributed by atoms with Crippen LogP contribution in [0.15, 0.2) is 29.8 Å². The van der Waals surface area contributed by atoms with Gasteiger partial charge in [0.25, 0.3) is 0 Å². The van der Waals surface area contributed by atoms with Gasteiger partial charge >= 0.3 is 6.09 Å². The number of hydrogen-bond donors (Lipinski definition) is 2. The number of pyridine rings is 1. The SMILES string of the molecule is CCN(C(=O)OC)c1c(N)nc(-c2nn(Cc3sccc3F)c3ncccc23)nc1N. The van der Waals surface area contributed by atoms with Gasteiger partial charge in [0.15, 0.2) is 23.1 Å². The van der Waals surface area contributed by atoms with Crippen molar-refractivity contribution in [3.63, 3.8) is 0 Å². The van der Waals surface area contributed by atoms with Gasteiger partial charge in [0, 0.05) is 12.7 Å². The molecule has 12 heteroatoms. The fourth-order valence-electron chi connectivity index (χ4n) is 3.22. The number of ether oxygens (including phenoxy) is 1. The lowest BCUT2D eigenvalue weighted by atomic mass is 10.2. The van der Waals surface area contributed by atoms with Crippen LogP contribution in [0.1, 0.15) is 11.8 Å². The summed E-state index contributed by atoms with van der Waals surface area (Å²) < 4.78 is 20.3. The molecule has 0 saturated heterocycles. The van der Waals surface area contributed by atoms with E-state index in [1.165, 1.54) is 29.4 Å². The molecule has 0 fully saturated rings. The molecule has 160 valence electrons. The number of amides is 1. The van der Waals surface area contributed by atoms with Gasteiger partial charge in [-0.25, -0.2) is 28.8 Å². The number of fused-ring (bicyclic) bond motifs is 1. The second-order valence-electron chi connectivity index (χ2n) is 6.45. The highest BCUT2D eigenvalue weighted by Crippen LogP contribution is 2.33. The summed E-state index contributed by atoms with van der Waals surface area (Å²) in [7, 11) is 1.26. The Bertz CT molecular complexity index is 1250. The van der Waals surface area contributed by atoms with Crippen molar-refractivity contribution < 1.29 is 13.9 Å². The first-order chi connectivity index (χ1) is 14.9. The van der Waals surface area contributed by atoms with Gasteiger partial charge in [-0.3, -0.25) is 4.90 Å². The molecule has 0 aliphatic rings. The lowest BCUT2D eigenvalue weighted by molar-refractivity contribution is 0.179. The maximum atomic E-state index is 14.0. The predicted octanol–water partition coefficient (Wildman–Crippen LogP) is 2.89. The van der Waals surface area contributed by atoms with Crippen LogP contribution >= 0.6 is 11.3 Å². The highest BCUT2D eigenvalue weighted by Gasteiger charge is 2.24. The number of aromatic nitrogens is 5. The zero-order chi connectivity index (χ0) is 22.1. The minimum Gasteiger partial charge on any atom is -0.452 e. The third-order valence-electron chi connectivity index (χ3n) is 4.62. The Morgan fingerprint density at radius 1 is 1.29 bits per heavy atom. The van der Waals surface area contributed by atoms with Crippen LogP contribution in [-0.2, 0) is 11.3 Å². The molecule has 0 atom stereocenters. The summed E-state index contributed by atoms with van der Waals surface area (Å²) in [4.78, 5) is 26.8. The molecule has 0 unspecified atom stereocenters. The average Bonchev–Trinajstić information content (AvgIpc) is 3.34. The van der Waals surface area contributed by atoms with Crippen molar-refractivity contribution in [2.75, 3.05) is 30.0 Å². The number of thiophene rings is 1. The van der Waals surface area contributed by atoms with E-state index in [1.807, 2.05) is 6.07 Å². The van der Waals surface area contributed by atoms with Gasteiger partial charge in [-0.2, -0.15) is 5.10 Å². The Kier molecular flexibility index (Phi) is 5.38. The number of rotatable bonds is 5. The van der Waals surface area contributed by atoms with Crippen LogP contribution in [0.5, 0.6) is 0 Å². The minimum atomic E-state index is -0.630. The molecule has 4 aromatic rings. The third-order valence-corrected chi connectivity index (χ3v) is 5.50. The summed E-state index contributed by atoms with van der Waals surface area (Å²) in [5.74, 6) is -0.123. The molecule has 0 aromatic carbocycles. The molecule has 0 aliphatic heterocycles. The van der Waals surface area contributed by atoms with E-state index in [4.69, 9.17) is 16.2 Å². The van der Waals surface area contributed by atoms with E-state index >= 15 is 0 Å². The normalized spacial score (nSPS) is 11.1. The first-order valence-electron chi connectivity index (χ1n) is 9.26. The Hall–Kier alpha value is -3.80. The van der Waals surface area contributed by atoms with Crippen LogP contribution in [0, 0.1) is 5.82 Å². The summed E-state index contributed by atoms with van der Waals surface area (Å²) in [5.41, 5.74) is 13.4. The summed E-state index contributed by atoms with van der Waals surface area (Å²) >= 11 is 1.29. The van der Waals surface area contributed by atoms with Gasteiger partial charge in [0.1, 0.15) is 17.2 Å². The Morgan fingerprint density at radius 3 is 2.65 bits per heavy atom. The monoisotopic (exact) mass is 442 g/mol. The number of carbonyl (C=O) groups excluding carboxylic acids is 1. The molecule has 4 aromatic heterocycles. The van der Waals surface area contributed by atoms with Gasteiger partial charge in [-0.15, -0.1) is 11.3 Å². The van der Waals surface area contributed by atoms with Crippen LogP contribution in [0.25, 0.3) is 22.6 Å². The molecular formula is C19H19FN8O2S. The zero-order valence-corrected chi connectivity index (χ0v) is 17.6. The first-order valence-corrected chi connectivity index (χ1v) is 10.1. The van der Waals surface area contributed by atoms with E-state index in [2.05, 4.69) is 20.1 Å². The summed E-state index contributed by atoms with van der Waals surface area (Å²) in [6, 6.07) is 4.97. The van der Waals surface area contributed by atoms with Crippen LogP contribution < -0.4 is 16.4 Å². The molecule has 31 heavy (non-hydrogen) atoms. The van der Waals surface area contributed by atoms with E-state index in [1.54, 1.807) is 29.2 Å². The number of anilines is 3. The quantitative estimate of drug-likeness (QED) is 0.481. The summed E-state index contributed by atoms with van der Waals surface area (Å²) in [5, 5.41) is 6.89.